The van der Waals surface area contributed by atoms with E-state index in [0.29, 0.717) is 5.82 Å². The Morgan fingerprint density at radius 1 is 1.33 bits per heavy atom. The van der Waals surface area contributed by atoms with Gasteiger partial charge in [-0.25, -0.2) is 18.4 Å². The number of pyridine rings is 1. The first kappa shape index (κ1) is 10.0. The van der Waals surface area contributed by atoms with Crippen LogP contribution in [0.4, 0.5) is 8.78 Å². The van der Waals surface area contributed by atoms with Crippen molar-refractivity contribution in [1.29, 1.82) is 0 Å². The smallest absolute Gasteiger partial charge is 0.237 e. The molecule has 2 rings (SSSR count). The molecular weight excluding hydrogens is 224 g/mol. The van der Waals surface area contributed by atoms with Crippen molar-refractivity contribution >= 4 is 11.6 Å². The van der Waals surface area contributed by atoms with Gasteiger partial charge in [-0.05, 0) is 12.1 Å². The minimum absolute atomic E-state index is 0.115. The molecule has 2 heterocycles. The fourth-order valence-corrected chi connectivity index (χ4v) is 1.36. The van der Waals surface area contributed by atoms with Crippen molar-refractivity contribution in [3.63, 3.8) is 0 Å². The summed E-state index contributed by atoms with van der Waals surface area (Å²) >= 11 is 5.75. The van der Waals surface area contributed by atoms with Gasteiger partial charge in [-0.15, -0.1) is 0 Å². The summed E-state index contributed by atoms with van der Waals surface area (Å²) in [6.07, 6.45) is -1.09. The van der Waals surface area contributed by atoms with E-state index in [-0.39, 0.29) is 10.8 Å². The van der Waals surface area contributed by atoms with Crippen LogP contribution in [0.25, 0.3) is 5.82 Å². The molecule has 0 aliphatic heterocycles. The van der Waals surface area contributed by atoms with E-state index in [1.54, 1.807) is 18.2 Å². The van der Waals surface area contributed by atoms with Crippen LogP contribution < -0.4 is 0 Å². The number of rotatable bonds is 2. The molecule has 3 nitrogen and oxygen atoms in total. The quantitative estimate of drug-likeness (QED) is 0.793. The van der Waals surface area contributed by atoms with Gasteiger partial charge < -0.3 is 0 Å². The first-order chi connectivity index (χ1) is 7.18. The van der Waals surface area contributed by atoms with Gasteiger partial charge in [0.2, 0.25) is 0 Å². The molecule has 0 N–H and O–H groups in total. The molecule has 0 atom stereocenters. The third kappa shape index (κ3) is 1.97. The summed E-state index contributed by atoms with van der Waals surface area (Å²) in [7, 11) is 0. The first-order valence-corrected chi connectivity index (χ1v) is 4.51. The third-order valence-electron chi connectivity index (χ3n) is 1.77. The summed E-state index contributed by atoms with van der Waals surface area (Å²) in [5.41, 5.74) is -0.356. The van der Waals surface area contributed by atoms with E-state index in [1.165, 1.54) is 10.9 Å². The lowest BCUT2D eigenvalue weighted by atomic mass is 10.4. The topological polar surface area (TPSA) is 30.7 Å². The molecule has 78 valence electrons. The Bertz CT molecular complexity index is 456. The molecule has 0 aromatic carbocycles. The highest BCUT2D eigenvalue weighted by Crippen LogP contribution is 2.22. The summed E-state index contributed by atoms with van der Waals surface area (Å²) in [6.45, 7) is 0. The normalized spacial score (nSPS) is 10.9. The predicted molar refractivity (Wildman–Crippen MR) is 51.3 cm³/mol. The number of hydrogen-bond acceptors (Lipinski definition) is 2. The molecule has 0 fully saturated rings. The molecular formula is C9H6ClF2N3. The molecule has 0 aliphatic rings. The Morgan fingerprint density at radius 2 is 2.13 bits per heavy atom. The van der Waals surface area contributed by atoms with Crippen LogP contribution in [0.15, 0.2) is 30.5 Å². The number of halogens is 3. The van der Waals surface area contributed by atoms with Crippen molar-refractivity contribution in [2.45, 2.75) is 6.43 Å². The minimum Gasteiger partial charge on any atom is -0.237 e. The summed E-state index contributed by atoms with van der Waals surface area (Å²) in [5.74, 6) is 0.411. The number of hydrogen-bond donors (Lipinski definition) is 0. The van der Waals surface area contributed by atoms with Crippen molar-refractivity contribution in [3.05, 3.63) is 41.3 Å². The summed E-state index contributed by atoms with van der Waals surface area (Å²) in [5, 5.41) is 3.77. The van der Waals surface area contributed by atoms with Crippen LogP contribution >= 0.6 is 11.6 Å². The van der Waals surface area contributed by atoms with E-state index in [9.17, 15) is 8.78 Å². The van der Waals surface area contributed by atoms with E-state index in [2.05, 4.69) is 10.1 Å². The molecule has 0 spiro atoms. The SMILES string of the molecule is FC(F)c1cc(Cl)n(-c2ccccn2)n1. The number of aromatic nitrogens is 3. The molecule has 0 aliphatic carbocycles. The summed E-state index contributed by atoms with van der Waals surface area (Å²) in [4.78, 5) is 3.95. The number of alkyl halides is 2. The second kappa shape index (κ2) is 3.94. The maximum atomic E-state index is 12.3. The Morgan fingerprint density at radius 3 is 2.67 bits per heavy atom. The van der Waals surface area contributed by atoms with Gasteiger partial charge in [-0.1, -0.05) is 17.7 Å². The molecule has 2 aromatic heterocycles. The van der Waals surface area contributed by atoms with Gasteiger partial charge in [0.15, 0.2) is 5.82 Å². The number of nitrogens with zero attached hydrogens (tertiary/aromatic N) is 3. The van der Waals surface area contributed by atoms with Crippen molar-refractivity contribution in [1.82, 2.24) is 14.8 Å². The van der Waals surface area contributed by atoms with Crippen LogP contribution in [0.2, 0.25) is 5.15 Å². The zero-order valence-corrected chi connectivity index (χ0v) is 8.20. The lowest BCUT2D eigenvalue weighted by molar-refractivity contribution is 0.145. The molecule has 0 bridgehead atoms. The standard InChI is InChI=1S/C9H6ClF2N3/c10-7-5-6(9(11)12)14-15(7)8-3-1-2-4-13-8/h1-5,9H. The average Bonchev–Trinajstić information content (AvgIpc) is 2.62. The highest BCUT2D eigenvalue weighted by molar-refractivity contribution is 6.29. The van der Waals surface area contributed by atoms with E-state index < -0.39 is 6.43 Å². The largest absolute Gasteiger partial charge is 0.282 e. The van der Waals surface area contributed by atoms with Gasteiger partial charge >= 0.3 is 0 Å². The fourth-order valence-electron chi connectivity index (χ4n) is 1.12. The van der Waals surface area contributed by atoms with Crippen LogP contribution in [-0.2, 0) is 0 Å². The fraction of sp³-hybridized carbons (Fsp3) is 0.111. The second-order valence-corrected chi connectivity index (χ2v) is 3.18. The van der Waals surface area contributed by atoms with Gasteiger partial charge in [0.05, 0.1) is 0 Å². The third-order valence-corrected chi connectivity index (χ3v) is 2.04. The Kier molecular flexibility index (Phi) is 2.64. The molecule has 0 saturated carbocycles. The zero-order valence-electron chi connectivity index (χ0n) is 7.44. The van der Waals surface area contributed by atoms with Gasteiger partial charge in [0.25, 0.3) is 6.43 Å². The Hall–Kier alpha value is -1.49. The van der Waals surface area contributed by atoms with E-state index in [1.807, 2.05) is 0 Å². The van der Waals surface area contributed by atoms with Crippen molar-refractivity contribution in [3.8, 4) is 5.82 Å². The van der Waals surface area contributed by atoms with Crippen molar-refractivity contribution < 1.29 is 8.78 Å². The van der Waals surface area contributed by atoms with Crippen LogP contribution in [0.5, 0.6) is 0 Å². The Balaban J connectivity index is 2.45. The van der Waals surface area contributed by atoms with Crippen LogP contribution in [0, 0.1) is 0 Å². The van der Waals surface area contributed by atoms with Gasteiger partial charge in [-0.2, -0.15) is 5.10 Å². The molecule has 6 heteroatoms. The Labute approximate surface area is 89.3 Å². The zero-order chi connectivity index (χ0) is 10.8. The van der Waals surface area contributed by atoms with E-state index in [4.69, 9.17) is 11.6 Å². The van der Waals surface area contributed by atoms with Gasteiger partial charge in [-0.3, -0.25) is 0 Å². The maximum absolute atomic E-state index is 12.3. The van der Waals surface area contributed by atoms with Crippen molar-refractivity contribution in [2.24, 2.45) is 0 Å². The maximum Gasteiger partial charge on any atom is 0.282 e. The summed E-state index contributed by atoms with van der Waals surface area (Å²) in [6, 6.07) is 6.20. The molecule has 2 aromatic rings. The van der Waals surface area contributed by atoms with E-state index in [0.717, 1.165) is 6.07 Å². The lowest BCUT2D eigenvalue weighted by Crippen LogP contribution is -1.99. The molecule has 0 unspecified atom stereocenters. The van der Waals surface area contributed by atoms with Crippen LogP contribution in [0.1, 0.15) is 12.1 Å². The molecule has 0 radical (unpaired) electrons. The van der Waals surface area contributed by atoms with Crippen LogP contribution in [-0.4, -0.2) is 14.8 Å². The highest BCUT2D eigenvalue weighted by Gasteiger charge is 2.15. The van der Waals surface area contributed by atoms with Gasteiger partial charge in [0.1, 0.15) is 10.8 Å². The summed E-state index contributed by atoms with van der Waals surface area (Å²) < 4.78 is 25.8. The molecule has 0 saturated heterocycles. The highest BCUT2D eigenvalue weighted by atomic mass is 35.5. The lowest BCUT2D eigenvalue weighted by Gasteiger charge is -1.99. The molecule has 15 heavy (non-hydrogen) atoms. The molecule has 0 amide bonds. The predicted octanol–water partition coefficient (Wildman–Crippen LogP) is 2.86. The monoisotopic (exact) mass is 229 g/mol. The van der Waals surface area contributed by atoms with Crippen molar-refractivity contribution in [2.75, 3.05) is 0 Å². The average molecular weight is 230 g/mol. The second-order valence-electron chi connectivity index (χ2n) is 2.79. The van der Waals surface area contributed by atoms with Gasteiger partial charge in [0, 0.05) is 12.3 Å². The van der Waals surface area contributed by atoms with E-state index >= 15 is 0 Å². The minimum atomic E-state index is -2.63. The first-order valence-electron chi connectivity index (χ1n) is 4.13. The van der Waals surface area contributed by atoms with Crippen LogP contribution in [0.3, 0.4) is 0 Å².